The number of para-hydroxylation sites is 1. The number of benzene rings is 4. The van der Waals surface area contributed by atoms with E-state index in [1.54, 1.807) is 5.06 Å². The van der Waals surface area contributed by atoms with Gasteiger partial charge in [0.05, 0.1) is 5.69 Å². The number of rotatable bonds is 2. The fourth-order valence-electron chi connectivity index (χ4n) is 3.45. The first-order valence-electron chi connectivity index (χ1n) is 8.55. The van der Waals surface area contributed by atoms with Gasteiger partial charge in [-0.1, -0.05) is 42.5 Å². The third-order valence-electron chi connectivity index (χ3n) is 4.71. The van der Waals surface area contributed by atoms with Gasteiger partial charge in [-0.2, -0.15) is 5.06 Å². The fourth-order valence-corrected chi connectivity index (χ4v) is 3.45. The minimum Gasteiger partial charge on any atom is -0.398 e. The topological polar surface area (TPSA) is 50.8 Å². The predicted molar refractivity (Wildman–Crippen MR) is 108 cm³/mol. The normalized spacial score (nSPS) is 13.2. The molecule has 1 aliphatic rings. The SMILES string of the molecule is Nc1cc2c(c3cc4ccccc4cc13)C=NCN2Oc1ccccc1. The van der Waals surface area contributed by atoms with Crippen molar-refractivity contribution < 1.29 is 4.84 Å². The summed E-state index contributed by atoms with van der Waals surface area (Å²) in [5.41, 5.74) is 9.10. The fraction of sp³-hybridized carbons (Fsp3) is 0.0455. The lowest BCUT2D eigenvalue weighted by Gasteiger charge is -2.28. The van der Waals surface area contributed by atoms with Crippen molar-refractivity contribution in [3.05, 3.63) is 78.4 Å². The number of nitrogens with zero attached hydrogens (tertiary/aromatic N) is 2. The highest BCUT2D eigenvalue weighted by Gasteiger charge is 2.20. The molecule has 0 atom stereocenters. The summed E-state index contributed by atoms with van der Waals surface area (Å²) in [4.78, 5) is 10.5. The second-order valence-corrected chi connectivity index (χ2v) is 6.38. The number of fused-ring (bicyclic) bond motifs is 4. The molecule has 2 N–H and O–H groups in total. The van der Waals surface area contributed by atoms with Crippen LogP contribution in [0.1, 0.15) is 5.56 Å². The molecular weight excluding hydrogens is 322 g/mol. The van der Waals surface area contributed by atoms with Crippen LogP contribution in [0.2, 0.25) is 0 Å². The first-order chi connectivity index (χ1) is 12.8. The molecule has 0 amide bonds. The Balaban J connectivity index is 1.70. The van der Waals surface area contributed by atoms with Crippen molar-refractivity contribution in [2.24, 2.45) is 4.99 Å². The van der Waals surface area contributed by atoms with Gasteiger partial charge in [0.25, 0.3) is 0 Å². The largest absolute Gasteiger partial charge is 0.398 e. The second kappa shape index (κ2) is 5.77. The van der Waals surface area contributed by atoms with E-state index in [0.717, 1.165) is 33.5 Å². The molecule has 1 heterocycles. The zero-order valence-corrected chi connectivity index (χ0v) is 14.1. The highest BCUT2D eigenvalue weighted by Crippen LogP contribution is 2.36. The molecule has 126 valence electrons. The molecule has 0 aromatic heterocycles. The zero-order valence-electron chi connectivity index (χ0n) is 14.1. The molecule has 0 bridgehead atoms. The Bertz CT molecular complexity index is 1150. The van der Waals surface area contributed by atoms with Crippen molar-refractivity contribution in [1.82, 2.24) is 0 Å². The lowest BCUT2D eigenvalue weighted by molar-refractivity contribution is 0.281. The summed E-state index contributed by atoms with van der Waals surface area (Å²) >= 11 is 0. The lowest BCUT2D eigenvalue weighted by atomic mass is 9.97. The van der Waals surface area contributed by atoms with Gasteiger partial charge in [-0.3, -0.25) is 4.99 Å². The Morgan fingerprint density at radius 1 is 0.846 bits per heavy atom. The molecule has 0 saturated heterocycles. The van der Waals surface area contributed by atoms with Crippen molar-refractivity contribution >= 4 is 39.1 Å². The van der Waals surface area contributed by atoms with Crippen LogP contribution in [-0.2, 0) is 0 Å². The van der Waals surface area contributed by atoms with Gasteiger partial charge < -0.3 is 10.6 Å². The van der Waals surface area contributed by atoms with Gasteiger partial charge in [0.2, 0.25) is 0 Å². The van der Waals surface area contributed by atoms with Crippen LogP contribution in [0.15, 0.2) is 77.8 Å². The van der Waals surface area contributed by atoms with Gasteiger partial charge in [-0.25, -0.2) is 0 Å². The van der Waals surface area contributed by atoms with E-state index in [-0.39, 0.29) is 0 Å². The van der Waals surface area contributed by atoms with E-state index in [1.165, 1.54) is 10.8 Å². The van der Waals surface area contributed by atoms with Crippen LogP contribution < -0.4 is 15.6 Å². The van der Waals surface area contributed by atoms with Crippen molar-refractivity contribution in [1.29, 1.82) is 0 Å². The van der Waals surface area contributed by atoms with Gasteiger partial charge in [-0.05, 0) is 46.5 Å². The average Bonchev–Trinajstić information content (AvgIpc) is 2.68. The number of nitrogen functional groups attached to an aromatic ring is 1. The van der Waals surface area contributed by atoms with Crippen LogP contribution in [0.5, 0.6) is 5.75 Å². The smallest absolute Gasteiger partial charge is 0.155 e. The first-order valence-corrected chi connectivity index (χ1v) is 8.55. The minimum absolute atomic E-state index is 0.431. The van der Waals surface area contributed by atoms with Crippen LogP contribution in [0.3, 0.4) is 0 Å². The summed E-state index contributed by atoms with van der Waals surface area (Å²) in [5, 5.41) is 6.27. The molecule has 4 heteroatoms. The maximum Gasteiger partial charge on any atom is 0.155 e. The third kappa shape index (κ3) is 2.35. The standard InChI is InChI=1S/C22H17N3O/c23-21-12-22-20(13-24-14-25(22)26-17-8-2-1-3-9-17)18-10-15-6-4-5-7-16(15)11-19(18)21/h1-13H,14,23H2. The van der Waals surface area contributed by atoms with Gasteiger partial charge in [0.15, 0.2) is 5.75 Å². The number of nitrogens with two attached hydrogens (primary N) is 1. The van der Waals surface area contributed by atoms with Gasteiger partial charge in [0, 0.05) is 22.9 Å². The number of aliphatic imine (C=N–C) groups is 1. The highest BCUT2D eigenvalue weighted by molar-refractivity contribution is 6.14. The Kier molecular flexibility index (Phi) is 3.28. The highest BCUT2D eigenvalue weighted by atomic mass is 16.7. The summed E-state index contributed by atoms with van der Waals surface area (Å²) in [6, 6.07) is 24.3. The molecule has 0 radical (unpaired) electrons. The van der Waals surface area contributed by atoms with E-state index in [0.29, 0.717) is 6.67 Å². The maximum absolute atomic E-state index is 6.40. The van der Waals surface area contributed by atoms with Crippen molar-refractivity contribution in [3.8, 4) is 5.75 Å². The molecule has 0 saturated carbocycles. The van der Waals surface area contributed by atoms with Crippen molar-refractivity contribution in [2.75, 3.05) is 17.5 Å². The molecule has 4 aromatic rings. The summed E-state index contributed by atoms with van der Waals surface area (Å²) < 4.78 is 0. The van der Waals surface area contributed by atoms with E-state index < -0.39 is 0 Å². The molecule has 0 aliphatic carbocycles. The van der Waals surface area contributed by atoms with Crippen molar-refractivity contribution in [3.63, 3.8) is 0 Å². The van der Waals surface area contributed by atoms with Crippen LogP contribution in [-0.4, -0.2) is 12.9 Å². The van der Waals surface area contributed by atoms with E-state index >= 15 is 0 Å². The predicted octanol–water partition coefficient (Wildman–Crippen LogP) is 4.77. The van der Waals surface area contributed by atoms with Gasteiger partial charge in [-0.15, -0.1) is 0 Å². The Morgan fingerprint density at radius 3 is 2.31 bits per heavy atom. The molecule has 0 unspecified atom stereocenters. The quantitative estimate of drug-likeness (QED) is 0.423. The van der Waals surface area contributed by atoms with E-state index in [1.807, 2.05) is 54.7 Å². The summed E-state index contributed by atoms with van der Waals surface area (Å²) in [6.45, 7) is 0.431. The molecule has 4 nitrogen and oxygen atoms in total. The molecule has 26 heavy (non-hydrogen) atoms. The summed E-state index contributed by atoms with van der Waals surface area (Å²) in [7, 11) is 0. The van der Waals surface area contributed by atoms with Crippen LogP contribution in [0, 0.1) is 0 Å². The number of hydrogen-bond acceptors (Lipinski definition) is 4. The Morgan fingerprint density at radius 2 is 1.54 bits per heavy atom. The lowest BCUT2D eigenvalue weighted by Crippen LogP contribution is -2.31. The molecular formula is C22H17N3O. The molecule has 5 rings (SSSR count). The molecule has 1 aliphatic heterocycles. The van der Waals surface area contributed by atoms with Crippen LogP contribution in [0.25, 0.3) is 21.5 Å². The number of anilines is 2. The molecule has 0 fully saturated rings. The molecule has 0 spiro atoms. The Labute approximate surface area is 151 Å². The first kappa shape index (κ1) is 14.8. The van der Waals surface area contributed by atoms with Gasteiger partial charge >= 0.3 is 0 Å². The maximum atomic E-state index is 6.40. The van der Waals surface area contributed by atoms with Crippen molar-refractivity contribution in [2.45, 2.75) is 0 Å². The van der Waals surface area contributed by atoms with E-state index in [4.69, 9.17) is 10.6 Å². The van der Waals surface area contributed by atoms with Gasteiger partial charge in [0.1, 0.15) is 6.67 Å². The van der Waals surface area contributed by atoms with E-state index in [9.17, 15) is 0 Å². The number of hydroxylamine groups is 1. The summed E-state index contributed by atoms with van der Waals surface area (Å²) in [5.74, 6) is 0.771. The minimum atomic E-state index is 0.431. The van der Waals surface area contributed by atoms with Crippen LogP contribution >= 0.6 is 0 Å². The second-order valence-electron chi connectivity index (χ2n) is 6.38. The zero-order chi connectivity index (χ0) is 17.5. The number of hydrogen-bond donors (Lipinski definition) is 1. The van der Waals surface area contributed by atoms with E-state index in [2.05, 4.69) is 29.3 Å². The Hall–Kier alpha value is -3.53. The van der Waals surface area contributed by atoms with Crippen LogP contribution in [0.4, 0.5) is 11.4 Å². The average molecular weight is 339 g/mol. The monoisotopic (exact) mass is 339 g/mol. The third-order valence-corrected chi connectivity index (χ3v) is 4.71. The summed E-state index contributed by atoms with van der Waals surface area (Å²) in [6.07, 6.45) is 1.91. The molecule has 4 aromatic carbocycles.